The zero-order valence-electron chi connectivity index (χ0n) is 12.6. The number of carboxylic acids is 1. The molecule has 0 bridgehead atoms. The van der Waals surface area contributed by atoms with E-state index in [1.807, 2.05) is 73.7 Å². The monoisotopic (exact) mass is 296 g/mol. The Balaban J connectivity index is 2.01. The molecule has 0 radical (unpaired) electrons. The normalized spacial score (nSPS) is 12.2. The van der Waals surface area contributed by atoms with Crippen LogP contribution in [0.4, 0.5) is 0 Å². The quantitative estimate of drug-likeness (QED) is 0.770. The van der Waals surface area contributed by atoms with Crippen molar-refractivity contribution in [2.45, 2.75) is 25.9 Å². The highest BCUT2D eigenvalue weighted by molar-refractivity contribution is 5.68. The van der Waals surface area contributed by atoms with Gasteiger partial charge in [-0.15, -0.1) is 0 Å². The highest BCUT2D eigenvalue weighted by Gasteiger charge is 2.12. The van der Waals surface area contributed by atoms with E-state index in [1.54, 1.807) is 0 Å². The van der Waals surface area contributed by atoms with Crippen LogP contribution in [0.5, 0.6) is 5.75 Å². The first-order valence-corrected chi connectivity index (χ1v) is 7.30. The molecule has 1 N–H and O–H groups in total. The van der Waals surface area contributed by atoms with Gasteiger partial charge in [0.1, 0.15) is 12.4 Å². The van der Waals surface area contributed by atoms with Crippen molar-refractivity contribution in [3.63, 3.8) is 0 Å². The Hall–Kier alpha value is -2.55. The molecule has 2 rings (SSSR count). The Morgan fingerprint density at radius 1 is 1.14 bits per heavy atom. The Bertz CT molecular complexity index is 615. The Morgan fingerprint density at radius 2 is 1.82 bits per heavy atom. The Labute approximate surface area is 130 Å². The van der Waals surface area contributed by atoms with Crippen molar-refractivity contribution in [3.05, 3.63) is 77.9 Å². The number of allylic oxidation sites excluding steroid dienone is 2. The molecule has 0 amide bonds. The summed E-state index contributed by atoms with van der Waals surface area (Å²) in [5, 5.41) is 8.98. The van der Waals surface area contributed by atoms with Crippen LogP contribution >= 0.6 is 0 Å². The molecule has 0 aliphatic carbocycles. The first kappa shape index (κ1) is 15.8. The van der Waals surface area contributed by atoms with Crippen LogP contribution in [0.3, 0.4) is 0 Å². The average molecular weight is 296 g/mol. The minimum absolute atomic E-state index is 0.0918. The predicted octanol–water partition coefficient (Wildman–Crippen LogP) is 4.40. The van der Waals surface area contributed by atoms with Crippen molar-refractivity contribution in [1.82, 2.24) is 0 Å². The highest BCUT2D eigenvalue weighted by atomic mass is 16.5. The molecule has 114 valence electrons. The third kappa shape index (κ3) is 4.77. The zero-order valence-corrected chi connectivity index (χ0v) is 12.6. The number of hydrogen-bond acceptors (Lipinski definition) is 2. The van der Waals surface area contributed by atoms with Gasteiger partial charge in [0.2, 0.25) is 0 Å². The molecular weight excluding hydrogens is 276 g/mol. The van der Waals surface area contributed by atoms with E-state index >= 15 is 0 Å². The van der Waals surface area contributed by atoms with Crippen LogP contribution < -0.4 is 4.74 Å². The summed E-state index contributed by atoms with van der Waals surface area (Å²) in [4.78, 5) is 10.9. The van der Waals surface area contributed by atoms with Crippen LogP contribution in [0.15, 0.2) is 66.7 Å². The van der Waals surface area contributed by atoms with Crippen molar-refractivity contribution in [2.75, 3.05) is 0 Å². The lowest BCUT2D eigenvalue weighted by Gasteiger charge is -2.12. The van der Waals surface area contributed by atoms with Gasteiger partial charge in [-0.25, -0.2) is 0 Å². The summed E-state index contributed by atoms with van der Waals surface area (Å²) in [6.07, 6.45) is 3.88. The van der Waals surface area contributed by atoms with Gasteiger partial charge < -0.3 is 9.84 Å². The van der Waals surface area contributed by atoms with E-state index in [0.29, 0.717) is 6.61 Å². The number of carboxylic acid groups (broad SMARTS) is 1. The molecule has 0 heterocycles. The first-order valence-electron chi connectivity index (χ1n) is 7.30. The number of hydrogen-bond donors (Lipinski definition) is 1. The highest BCUT2D eigenvalue weighted by Crippen LogP contribution is 2.24. The molecule has 0 saturated heterocycles. The van der Waals surface area contributed by atoms with Crippen molar-refractivity contribution in [2.24, 2.45) is 0 Å². The lowest BCUT2D eigenvalue weighted by atomic mass is 9.95. The van der Waals surface area contributed by atoms with E-state index in [2.05, 4.69) is 0 Å². The molecule has 0 aliphatic heterocycles. The lowest BCUT2D eigenvalue weighted by Crippen LogP contribution is -2.04. The van der Waals surface area contributed by atoms with Gasteiger partial charge in [-0.2, -0.15) is 0 Å². The fourth-order valence-corrected chi connectivity index (χ4v) is 2.27. The molecule has 0 saturated carbocycles. The van der Waals surface area contributed by atoms with Crippen LogP contribution in [-0.4, -0.2) is 11.1 Å². The molecule has 1 atom stereocenters. The fourth-order valence-electron chi connectivity index (χ4n) is 2.27. The molecule has 0 fully saturated rings. The SMILES string of the molecule is CC=C[C@H](CC(=O)O)c1ccc(OCc2ccccc2)cc1. The van der Waals surface area contributed by atoms with Gasteiger partial charge in [0.25, 0.3) is 0 Å². The van der Waals surface area contributed by atoms with E-state index < -0.39 is 5.97 Å². The largest absolute Gasteiger partial charge is 0.489 e. The second-order valence-electron chi connectivity index (χ2n) is 5.07. The maximum Gasteiger partial charge on any atom is 0.304 e. The minimum Gasteiger partial charge on any atom is -0.489 e. The molecule has 0 aromatic heterocycles. The van der Waals surface area contributed by atoms with Crippen molar-refractivity contribution < 1.29 is 14.6 Å². The number of ether oxygens (including phenoxy) is 1. The van der Waals surface area contributed by atoms with Gasteiger partial charge in [-0.05, 0) is 30.2 Å². The maximum atomic E-state index is 10.9. The summed E-state index contributed by atoms with van der Waals surface area (Å²) in [6, 6.07) is 17.6. The molecule has 3 heteroatoms. The molecule has 2 aromatic carbocycles. The smallest absolute Gasteiger partial charge is 0.304 e. The fraction of sp³-hybridized carbons (Fsp3) is 0.211. The second kappa shape index (κ2) is 8.03. The van der Waals surface area contributed by atoms with Gasteiger partial charge >= 0.3 is 5.97 Å². The van der Waals surface area contributed by atoms with Crippen LogP contribution in [0, 0.1) is 0 Å². The number of aliphatic carboxylic acids is 1. The molecule has 3 nitrogen and oxygen atoms in total. The minimum atomic E-state index is -0.799. The number of benzene rings is 2. The maximum absolute atomic E-state index is 10.9. The standard InChI is InChI=1S/C19H20O3/c1-2-6-17(13-19(20)21)16-9-11-18(12-10-16)22-14-15-7-4-3-5-8-15/h2-12,17H,13-14H2,1H3,(H,20,21)/t17-/m1/s1. The molecule has 0 spiro atoms. The first-order chi connectivity index (χ1) is 10.7. The lowest BCUT2D eigenvalue weighted by molar-refractivity contribution is -0.137. The number of rotatable bonds is 7. The molecule has 0 aliphatic rings. The van der Waals surface area contributed by atoms with Crippen molar-refractivity contribution in [3.8, 4) is 5.75 Å². The molecule has 22 heavy (non-hydrogen) atoms. The van der Waals surface area contributed by atoms with Gasteiger partial charge in [0, 0.05) is 5.92 Å². The van der Waals surface area contributed by atoms with E-state index in [1.165, 1.54) is 0 Å². The van der Waals surface area contributed by atoms with Crippen LogP contribution in [0.2, 0.25) is 0 Å². The van der Waals surface area contributed by atoms with Gasteiger partial charge in [0.05, 0.1) is 6.42 Å². The predicted molar refractivity (Wildman–Crippen MR) is 87.0 cm³/mol. The van der Waals surface area contributed by atoms with Crippen LogP contribution in [-0.2, 0) is 11.4 Å². The van der Waals surface area contributed by atoms with E-state index in [-0.39, 0.29) is 12.3 Å². The van der Waals surface area contributed by atoms with E-state index in [0.717, 1.165) is 16.9 Å². The zero-order chi connectivity index (χ0) is 15.8. The molecule has 2 aromatic rings. The van der Waals surface area contributed by atoms with Crippen LogP contribution in [0.25, 0.3) is 0 Å². The summed E-state index contributed by atoms with van der Waals surface area (Å²) in [7, 11) is 0. The third-order valence-corrected chi connectivity index (χ3v) is 3.38. The average Bonchev–Trinajstić information content (AvgIpc) is 2.54. The van der Waals surface area contributed by atoms with Crippen LogP contribution in [0.1, 0.15) is 30.4 Å². The summed E-state index contributed by atoms with van der Waals surface area (Å²) in [6.45, 7) is 2.42. The summed E-state index contributed by atoms with van der Waals surface area (Å²) >= 11 is 0. The van der Waals surface area contributed by atoms with E-state index in [4.69, 9.17) is 9.84 Å². The topological polar surface area (TPSA) is 46.5 Å². The molecular formula is C19H20O3. The third-order valence-electron chi connectivity index (χ3n) is 3.38. The van der Waals surface area contributed by atoms with Gasteiger partial charge in [-0.3, -0.25) is 4.79 Å². The van der Waals surface area contributed by atoms with Crippen molar-refractivity contribution >= 4 is 5.97 Å². The summed E-state index contributed by atoms with van der Waals surface area (Å²) in [5.74, 6) is -0.125. The summed E-state index contributed by atoms with van der Waals surface area (Å²) in [5.41, 5.74) is 2.09. The van der Waals surface area contributed by atoms with E-state index in [9.17, 15) is 4.79 Å². The Morgan fingerprint density at radius 3 is 2.41 bits per heavy atom. The van der Waals surface area contributed by atoms with Crippen molar-refractivity contribution in [1.29, 1.82) is 0 Å². The second-order valence-corrected chi connectivity index (χ2v) is 5.07. The number of carbonyl (C=O) groups is 1. The molecule has 0 unspecified atom stereocenters. The van der Waals surface area contributed by atoms with Gasteiger partial charge in [-0.1, -0.05) is 54.6 Å². The summed E-state index contributed by atoms with van der Waals surface area (Å²) < 4.78 is 5.73. The van der Waals surface area contributed by atoms with Gasteiger partial charge in [0.15, 0.2) is 0 Å². The Kier molecular flexibility index (Phi) is 5.78.